The average Bonchev–Trinajstić information content (AvgIpc) is 1.65. The van der Waals surface area contributed by atoms with Gasteiger partial charge in [-0.1, -0.05) is 37.3 Å². The van der Waals surface area contributed by atoms with Gasteiger partial charge in [0.05, 0.1) is 114 Å². The van der Waals surface area contributed by atoms with Crippen LogP contribution in [-0.2, 0) is 105 Å². The van der Waals surface area contributed by atoms with E-state index in [9.17, 15) is 180 Å². The van der Waals surface area contributed by atoms with Gasteiger partial charge in [-0.3, -0.25) is 14.4 Å². The molecule has 2 bridgehead atoms. The van der Waals surface area contributed by atoms with Gasteiger partial charge in [-0.15, -0.1) is 0 Å². The van der Waals surface area contributed by atoms with Crippen molar-refractivity contribution < 1.29 is 213 Å². The first-order chi connectivity index (χ1) is 61.0. The van der Waals surface area contributed by atoms with Crippen LogP contribution in [0.4, 0.5) is 65.9 Å². The van der Waals surface area contributed by atoms with Gasteiger partial charge in [-0.2, -0.15) is 65.9 Å². The first-order valence-electron chi connectivity index (χ1n) is 40.1. The molecule has 3 saturated carbocycles. The number of aryl methyl sites for hydroxylation is 10. The van der Waals surface area contributed by atoms with Crippen LogP contribution < -0.4 is 0 Å². The molecule has 12 atom stereocenters. The van der Waals surface area contributed by atoms with Gasteiger partial charge in [-0.25, -0.2) is 61.3 Å². The van der Waals surface area contributed by atoms with E-state index in [0.29, 0.717) is 64.6 Å². The van der Waals surface area contributed by atoms with E-state index in [-0.39, 0.29) is 71.8 Å². The van der Waals surface area contributed by atoms with E-state index in [1.165, 1.54) is 46.8 Å². The predicted octanol–water partition coefficient (Wildman–Crippen LogP) is 13.0. The molecule has 0 saturated heterocycles. The topological polar surface area (TPSA) is 531 Å². The summed E-state index contributed by atoms with van der Waals surface area (Å²) in [5.74, 6) is -21.8. The number of ether oxygens (including phenoxy) is 7. The Balaban J connectivity index is 0.000000355. The lowest BCUT2D eigenvalue weighted by molar-refractivity contribution is -0.218. The highest BCUT2D eigenvalue weighted by Gasteiger charge is 2.55. The van der Waals surface area contributed by atoms with Crippen molar-refractivity contribution in [1.82, 2.24) is 0 Å². The largest absolute Gasteiger partial charge is 0.748 e. The summed E-state index contributed by atoms with van der Waals surface area (Å²) >= 11 is 0. The molecule has 5 aromatic rings. The SMILES string of the molecule is CCC(Cc1c(C)cc(C)c(O)c1C)C(=O)OC(CS(=O)(=O)[O-])C(F)(F)F.Cc1cc(C)c(C(=O)OC(CS(=O)(=O)[O-])C(F)(F)F)c(C)c1O.Cc1cc(C)c(C)c(C(=O)OC2CC3CC(C(=O)OC(CS(=O)(=O)[O-])C(F)(F)F)C2C3)c1.Cc1cc(C)c(C)c(C(=O)OC2CCCC(C(=O)OC(CS(=O)(=O)[O-])C(F)(F)F)C2)c1.Cc1cc(C)c(O)c(C(=O)OC(CS(=O)(=O)[O-])C(F)(F)F)c1. The fourth-order valence-electron chi connectivity index (χ4n) is 14.8. The quantitative estimate of drug-likeness (QED) is 0.0190. The number of hydrogen-bond acceptors (Lipinski definition) is 32. The Morgan fingerprint density at radius 2 is 0.733 bits per heavy atom. The van der Waals surface area contributed by atoms with Crippen molar-refractivity contribution in [3.63, 3.8) is 0 Å². The molecule has 760 valence electrons. The van der Waals surface area contributed by atoms with E-state index in [2.05, 4.69) is 23.7 Å². The Bertz CT molecular complexity index is 5780. The maximum Gasteiger partial charge on any atom is 0.426 e. The summed E-state index contributed by atoms with van der Waals surface area (Å²) in [6, 6.07) is 12.8. The van der Waals surface area contributed by atoms with Crippen LogP contribution in [0, 0.1) is 127 Å². The molecule has 3 N–H and O–H groups in total. The molecule has 135 heavy (non-hydrogen) atoms. The van der Waals surface area contributed by atoms with Gasteiger partial charge in [0.25, 0.3) is 0 Å². The maximum atomic E-state index is 13.1. The second-order valence-corrected chi connectivity index (χ2v) is 39.9. The molecular weight excluding hydrogens is 1950 g/mol. The van der Waals surface area contributed by atoms with Gasteiger partial charge in [0, 0.05) is 11.5 Å². The van der Waals surface area contributed by atoms with E-state index in [4.69, 9.17) is 9.47 Å². The smallest absolute Gasteiger partial charge is 0.426 e. The van der Waals surface area contributed by atoms with Gasteiger partial charge in [0.1, 0.15) is 35.0 Å². The number of benzene rings is 5. The van der Waals surface area contributed by atoms with Crippen molar-refractivity contribution in [3.8, 4) is 17.2 Å². The summed E-state index contributed by atoms with van der Waals surface area (Å²) < 4.78 is 385. The van der Waals surface area contributed by atoms with Gasteiger partial charge in [-0.05, 0) is 257 Å². The number of fused-ring (bicyclic) bond motifs is 2. The summed E-state index contributed by atoms with van der Waals surface area (Å²) in [6.45, 7) is 24.8. The number of phenols is 3. The third-order valence-electron chi connectivity index (χ3n) is 21.7. The molecule has 12 unspecified atom stereocenters. The van der Waals surface area contributed by atoms with Crippen LogP contribution in [0.25, 0.3) is 0 Å². The minimum Gasteiger partial charge on any atom is -0.748 e. The standard InChI is InChI=1S/C21H25F3O7S.C20H25F3O7S.C17H23F3O6S.C13H15F3O6S.C12H13F3O6S/c1-10-4-11(2)12(3)14(5-10)19(25)30-17-8-13-6-15(17)16(7-13)20(26)31-18(21(22,23)24)9-32(27,28)29;1-11-7-12(2)13(3)16(8-11)19(25)29-15-6-4-5-14(9-15)18(24)30-17(20(21,22)23)10-31(26,27)28;1-5-12(7-13-9(2)6-10(3)15(21)11(13)4)16(22)26-14(17(18,19)20)8-27(23,24)25;1-6-4-7(2)11(17)8(3)10(6)12(18)22-9(13(14,15)16)5-23(19,20)21;1-6-3-7(2)10(16)8(4-6)11(17)21-9(12(13,14)15)5-22(18,19)20/h4-5,13,15-18H,6-9H2,1-3H3,(H,27,28,29);7-8,14-15,17H,4-6,9-10H2,1-3H3,(H,26,27,28);6,12,14,21H,5,7-8H2,1-4H3,(H,23,24,25);4,9,17H,5H2,1-3H3,(H,19,20,21);3-4,9,16H,5H2,1-2H3,(H,18,19,20)/p-5. The number of hydrogen-bond donors (Lipinski definition) is 3. The summed E-state index contributed by atoms with van der Waals surface area (Å²) in [7, 11) is -26.3. The zero-order chi connectivity index (χ0) is 104. The number of carbonyl (C=O) groups excluding carboxylic acids is 7. The zero-order valence-electron chi connectivity index (χ0n) is 74.3. The summed E-state index contributed by atoms with van der Waals surface area (Å²) in [5, 5.41) is 29.5. The van der Waals surface area contributed by atoms with Crippen LogP contribution in [0.3, 0.4) is 0 Å². The third kappa shape index (κ3) is 36.6. The van der Waals surface area contributed by atoms with Crippen molar-refractivity contribution in [2.75, 3.05) is 28.8 Å². The minimum absolute atomic E-state index is 0.00148. The molecule has 0 aliphatic heterocycles. The minimum atomic E-state index is -5.27. The summed E-state index contributed by atoms with van der Waals surface area (Å²) in [5.41, 5.74) is 8.81. The van der Waals surface area contributed by atoms with E-state index >= 15 is 0 Å². The molecule has 5 aromatic carbocycles. The van der Waals surface area contributed by atoms with Crippen molar-refractivity contribution in [2.45, 2.75) is 235 Å². The molecule has 3 aliphatic carbocycles. The molecule has 3 aliphatic rings. The maximum absolute atomic E-state index is 13.1. The molecule has 0 spiro atoms. The fraction of sp³-hybridized carbons (Fsp3) is 0.554. The normalized spacial score (nSPS) is 18.5. The number of rotatable bonds is 27. The van der Waals surface area contributed by atoms with Gasteiger partial charge >= 0.3 is 72.7 Å². The highest BCUT2D eigenvalue weighted by atomic mass is 32.2. The third-order valence-corrected chi connectivity index (χ3v) is 25.2. The molecule has 0 amide bonds. The molecule has 0 radical (unpaired) electrons. The molecule has 32 nitrogen and oxygen atoms in total. The summed E-state index contributed by atoms with van der Waals surface area (Å²) in [4.78, 5) is 85.9. The molecule has 8 rings (SSSR count). The number of alkyl halides is 15. The Hall–Kier alpha value is -9.71. The van der Waals surface area contributed by atoms with E-state index in [1.807, 2.05) is 39.8 Å². The lowest BCUT2D eigenvalue weighted by atomic mass is 9.86. The first kappa shape index (κ1) is 118. The second kappa shape index (κ2) is 46.2. The summed E-state index contributed by atoms with van der Waals surface area (Å²) in [6.07, 6.45) is -40.3. The Labute approximate surface area is 766 Å². The van der Waals surface area contributed by atoms with E-state index in [0.717, 1.165) is 45.0 Å². The van der Waals surface area contributed by atoms with Crippen molar-refractivity contribution in [2.24, 2.45) is 29.6 Å². The molecule has 0 heterocycles. The lowest BCUT2D eigenvalue weighted by Crippen LogP contribution is -2.43. The highest BCUT2D eigenvalue weighted by Crippen LogP contribution is 2.51. The van der Waals surface area contributed by atoms with Crippen LogP contribution in [0.2, 0.25) is 0 Å². The number of esters is 7. The van der Waals surface area contributed by atoms with Crippen molar-refractivity contribution >= 4 is 92.4 Å². The molecule has 52 heteroatoms. The van der Waals surface area contributed by atoms with Crippen LogP contribution in [0.15, 0.2) is 48.5 Å². The van der Waals surface area contributed by atoms with E-state index in [1.54, 1.807) is 59.7 Å². The zero-order valence-corrected chi connectivity index (χ0v) is 78.4. The highest BCUT2D eigenvalue weighted by molar-refractivity contribution is 7.86. The van der Waals surface area contributed by atoms with E-state index < -0.39 is 230 Å². The van der Waals surface area contributed by atoms with Crippen LogP contribution >= 0.6 is 0 Å². The number of aromatic hydroxyl groups is 3. The second-order valence-electron chi connectivity index (χ2n) is 32.7. The van der Waals surface area contributed by atoms with Gasteiger partial charge < -0.3 is 71.2 Å². The number of halogens is 15. The molecule has 0 aromatic heterocycles. The fourth-order valence-corrected chi connectivity index (χ4v) is 18.0. The predicted molar refractivity (Wildman–Crippen MR) is 437 cm³/mol. The first-order valence-corrected chi connectivity index (χ1v) is 47.9. The number of phenolic OH excluding ortho intramolecular Hbond substituents is 3. The monoisotopic (exact) mass is 2050 g/mol. The van der Waals surface area contributed by atoms with Crippen molar-refractivity contribution in [1.29, 1.82) is 0 Å². The Morgan fingerprint density at radius 3 is 1.13 bits per heavy atom. The van der Waals surface area contributed by atoms with Crippen LogP contribution in [0.5, 0.6) is 17.2 Å². The molecule has 3 fully saturated rings. The van der Waals surface area contributed by atoms with Crippen molar-refractivity contribution in [3.05, 3.63) is 154 Å². The Morgan fingerprint density at radius 1 is 0.378 bits per heavy atom. The number of carbonyl (C=O) groups is 7. The van der Waals surface area contributed by atoms with Gasteiger partial charge in [0.15, 0.2) is 0 Å². The van der Waals surface area contributed by atoms with Crippen LogP contribution in [-0.4, -0.2) is 224 Å². The van der Waals surface area contributed by atoms with Crippen LogP contribution in [0.1, 0.15) is 183 Å². The average molecular weight is 2050 g/mol. The Kier molecular flexibility index (Phi) is 40.2. The van der Waals surface area contributed by atoms with Gasteiger partial charge in [0.2, 0.25) is 30.5 Å². The lowest BCUT2D eigenvalue weighted by Gasteiger charge is -2.30. The molecular formula is C83H96F15O32S5-5.